The first-order valence-corrected chi connectivity index (χ1v) is 10.5. The van der Waals surface area contributed by atoms with E-state index >= 15 is 0 Å². The van der Waals surface area contributed by atoms with Crippen LogP contribution in [0.15, 0.2) is 53.8 Å². The Labute approximate surface area is 158 Å². The first-order valence-electron chi connectivity index (χ1n) is 9.03. The summed E-state index contributed by atoms with van der Waals surface area (Å²) in [7, 11) is -3.47. The molecule has 0 spiro atoms. The van der Waals surface area contributed by atoms with E-state index in [0.29, 0.717) is 36.5 Å². The van der Waals surface area contributed by atoms with Gasteiger partial charge in [-0.05, 0) is 42.7 Å². The molecule has 0 unspecified atom stereocenters. The highest BCUT2D eigenvalue weighted by atomic mass is 32.2. The number of hydrogen-bond acceptors (Lipinski definition) is 6. The summed E-state index contributed by atoms with van der Waals surface area (Å²) in [5.74, 6) is 0.637. The average Bonchev–Trinajstić information content (AvgIpc) is 2.73. The third-order valence-electron chi connectivity index (χ3n) is 4.66. The number of fused-ring (bicyclic) bond motifs is 1. The second-order valence-electron chi connectivity index (χ2n) is 6.59. The quantitative estimate of drug-likeness (QED) is 0.729. The molecule has 1 N–H and O–H groups in total. The second-order valence-corrected chi connectivity index (χ2v) is 8.52. The molecule has 0 amide bonds. The maximum atomic E-state index is 12.8. The molecule has 1 aromatic carbocycles. The molecule has 27 heavy (non-hydrogen) atoms. The Morgan fingerprint density at radius 2 is 1.89 bits per heavy atom. The van der Waals surface area contributed by atoms with Gasteiger partial charge >= 0.3 is 0 Å². The lowest BCUT2D eigenvalue weighted by Crippen LogP contribution is -2.35. The first kappa shape index (κ1) is 17.8. The topological polar surface area (TPSA) is 88.1 Å². The average molecular weight is 383 g/mol. The van der Waals surface area contributed by atoms with E-state index in [1.807, 2.05) is 12.1 Å². The van der Waals surface area contributed by atoms with Crippen molar-refractivity contribution in [3.8, 4) is 0 Å². The highest BCUT2D eigenvalue weighted by molar-refractivity contribution is 7.89. The highest BCUT2D eigenvalue weighted by Gasteiger charge is 2.26. The van der Waals surface area contributed by atoms with Crippen LogP contribution in [0.3, 0.4) is 0 Å². The summed E-state index contributed by atoms with van der Waals surface area (Å²) in [6.07, 6.45) is 8.06. The van der Waals surface area contributed by atoms with Gasteiger partial charge in [-0.25, -0.2) is 13.4 Å². The Bertz CT molecular complexity index is 1030. The van der Waals surface area contributed by atoms with E-state index in [1.165, 1.54) is 0 Å². The van der Waals surface area contributed by atoms with Crippen molar-refractivity contribution in [2.24, 2.45) is 0 Å². The fourth-order valence-electron chi connectivity index (χ4n) is 3.19. The van der Waals surface area contributed by atoms with Crippen molar-refractivity contribution >= 4 is 26.9 Å². The van der Waals surface area contributed by atoms with E-state index in [2.05, 4.69) is 20.3 Å². The van der Waals surface area contributed by atoms with Crippen LogP contribution in [-0.2, 0) is 16.6 Å². The lowest BCUT2D eigenvalue weighted by Gasteiger charge is -2.25. The van der Waals surface area contributed by atoms with Gasteiger partial charge in [-0.1, -0.05) is 12.5 Å². The van der Waals surface area contributed by atoms with Gasteiger partial charge in [-0.3, -0.25) is 9.97 Å². The number of benzene rings is 1. The number of piperidine rings is 1. The van der Waals surface area contributed by atoms with Crippen molar-refractivity contribution in [1.29, 1.82) is 0 Å². The van der Waals surface area contributed by atoms with Gasteiger partial charge in [-0.15, -0.1) is 0 Å². The van der Waals surface area contributed by atoms with Crippen molar-refractivity contribution in [3.63, 3.8) is 0 Å². The number of aromatic nitrogens is 3. The molecular weight excluding hydrogens is 362 g/mol. The van der Waals surface area contributed by atoms with Crippen LogP contribution in [0.4, 0.5) is 5.82 Å². The van der Waals surface area contributed by atoms with Crippen LogP contribution in [-0.4, -0.2) is 40.8 Å². The molecule has 1 aliphatic rings. The maximum absolute atomic E-state index is 12.8. The Hall–Kier alpha value is -2.58. The number of rotatable bonds is 5. The van der Waals surface area contributed by atoms with Crippen LogP contribution in [0.2, 0.25) is 0 Å². The van der Waals surface area contributed by atoms with Gasteiger partial charge in [0.05, 0.1) is 22.1 Å². The fourth-order valence-corrected chi connectivity index (χ4v) is 4.72. The van der Waals surface area contributed by atoms with Gasteiger partial charge in [0.15, 0.2) is 0 Å². The molecule has 1 aliphatic heterocycles. The molecule has 7 nitrogen and oxygen atoms in total. The minimum absolute atomic E-state index is 0.280. The number of nitrogens with one attached hydrogen (secondary N) is 1. The van der Waals surface area contributed by atoms with Crippen molar-refractivity contribution < 1.29 is 8.42 Å². The standard InChI is InChI=1S/C19H21N5O2S/c25-27(26,24-9-2-1-3-10-24)16-6-7-17-18(11-16)21-14-19(23-17)22-13-15-5-4-8-20-12-15/h4-8,11-12,14H,1-3,9-10,13H2,(H,22,23). The SMILES string of the molecule is O=S(=O)(c1ccc2nc(NCc3cccnc3)cnc2c1)N1CCCCC1. The smallest absolute Gasteiger partial charge is 0.243 e. The first-order chi connectivity index (χ1) is 13.1. The van der Waals surface area contributed by atoms with E-state index in [9.17, 15) is 8.42 Å². The van der Waals surface area contributed by atoms with Crippen molar-refractivity contribution in [2.45, 2.75) is 30.7 Å². The molecular formula is C19H21N5O2S. The fraction of sp³-hybridized carbons (Fsp3) is 0.316. The summed E-state index contributed by atoms with van der Waals surface area (Å²) in [4.78, 5) is 13.3. The summed E-state index contributed by atoms with van der Waals surface area (Å²) < 4.78 is 27.2. The molecule has 1 fully saturated rings. The van der Waals surface area contributed by atoms with Gasteiger partial charge in [0.2, 0.25) is 10.0 Å². The molecule has 0 aliphatic carbocycles. The van der Waals surface area contributed by atoms with Crippen LogP contribution in [0.1, 0.15) is 24.8 Å². The third kappa shape index (κ3) is 3.91. The van der Waals surface area contributed by atoms with Gasteiger partial charge in [0, 0.05) is 32.0 Å². The van der Waals surface area contributed by atoms with Crippen LogP contribution in [0, 0.1) is 0 Å². The van der Waals surface area contributed by atoms with Crippen LogP contribution in [0.5, 0.6) is 0 Å². The van der Waals surface area contributed by atoms with Crippen molar-refractivity contribution in [2.75, 3.05) is 18.4 Å². The van der Waals surface area contributed by atoms with Crippen molar-refractivity contribution in [3.05, 3.63) is 54.5 Å². The molecule has 2 aromatic heterocycles. The molecule has 3 heterocycles. The third-order valence-corrected chi connectivity index (χ3v) is 6.56. The number of pyridine rings is 1. The maximum Gasteiger partial charge on any atom is 0.243 e. The van der Waals surface area contributed by atoms with E-state index in [0.717, 1.165) is 24.8 Å². The predicted octanol–water partition coefficient (Wildman–Crippen LogP) is 2.81. The molecule has 4 rings (SSSR count). The second kappa shape index (κ2) is 7.58. The summed E-state index contributed by atoms with van der Waals surface area (Å²) in [5, 5.41) is 3.21. The zero-order chi connectivity index (χ0) is 18.7. The molecule has 140 valence electrons. The highest BCUT2D eigenvalue weighted by Crippen LogP contribution is 2.23. The number of sulfonamides is 1. The monoisotopic (exact) mass is 383 g/mol. The van der Waals surface area contributed by atoms with Gasteiger partial charge < -0.3 is 5.32 Å². The lowest BCUT2D eigenvalue weighted by atomic mass is 10.2. The van der Waals surface area contributed by atoms with Gasteiger partial charge in [-0.2, -0.15) is 4.31 Å². The predicted molar refractivity (Wildman–Crippen MR) is 104 cm³/mol. The molecule has 1 saturated heterocycles. The minimum Gasteiger partial charge on any atom is -0.365 e. The summed E-state index contributed by atoms with van der Waals surface area (Å²) in [6, 6.07) is 8.80. The Kier molecular flexibility index (Phi) is 5.00. The zero-order valence-electron chi connectivity index (χ0n) is 14.9. The Balaban J connectivity index is 1.55. The Morgan fingerprint density at radius 1 is 1.04 bits per heavy atom. The largest absolute Gasteiger partial charge is 0.365 e. The van der Waals surface area contributed by atoms with Crippen LogP contribution in [0.25, 0.3) is 11.0 Å². The minimum atomic E-state index is -3.47. The lowest BCUT2D eigenvalue weighted by molar-refractivity contribution is 0.346. The van der Waals surface area contributed by atoms with Crippen molar-refractivity contribution in [1.82, 2.24) is 19.3 Å². The summed E-state index contributed by atoms with van der Waals surface area (Å²) in [6.45, 7) is 1.77. The van der Waals surface area contributed by atoms with E-state index in [4.69, 9.17) is 0 Å². The Morgan fingerprint density at radius 3 is 2.67 bits per heavy atom. The number of nitrogens with zero attached hydrogens (tertiary/aromatic N) is 4. The number of anilines is 1. The molecule has 0 atom stereocenters. The van der Waals surface area contributed by atoms with Gasteiger partial charge in [0.25, 0.3) is 0 Å². The number of hydrogen-bond donors (Lipinski definition) is 1. The zero-order valence-corrected chi connectivity index (χ0v) is 15.7. The van der Waals surface area contributed by atoms with E-state index in [-0.39, 0.29) is 4.90 Å². The molecule has 0 saturated carbocycles. The molecule has 0 radical (unpaired) electrons. The normalized spacial score (nSPS) is 15.7. The van der Waals surface area contributed by atoms with E-state index in [1.54, 1.807) is 41.1 Å². The van der Waals surface area contributed by atoms with Gasteiger partial charge in [0.1, 0.15) is 5.82 Å². The molecule has 3 aromatic rings. The summed E-state index contributed by atoms with van der Waals surface area (Å²) in [5.41, 5.74) is 2.27. The van der Waals surface area contributed by atoms with Crippen LogP contribution >= 0.6 is 0 Å². The molecule has 0 bridgehead atoms. The van der Waals surface area contributed by atoms with Crippen LogP contribution < -0.4 is 5.32 Å². The molecule has 8 heteroatoms. The summed E-state index contributed by atoms with van der Waals surface area (Å²) >= 11 is 0. The van der Waals surface area contributed by atoms with E-state index < -0.39 is 10.0 Å².